The molecule has 4 heteroatoms. The molecule has 0 aliphatic heterocycles. The number of aliphatic hydroxyl groups is 1. The molecule has 19 heavy (non-hydrogen) atoms. The number of rotatable bonds is 7. The summed E-state index contributed by atoms with van der Waals surface area (Å²) in [4.78, 5) is 11.3. The van der Waals surface area contributed by atoms with Crippen molar-refractivity contribution >= 4 is 5.91 Å². The van der Waals surface area contributed by atoms with E-state index in [1.165, 1.54) is 5.56 Å². The molecule has 1 aromatic rings. The van der Waals surface area contributed by atoms with Crippen molar-refractivity contribution in [2.75, 3.05) is 19.8 Å². The summed E-state index contributed by atoms with van der Waals surface area (Å²) in [5.74, 6) is 0.446. The summed E-state index contributed by atoms with van der Waals surface area (Å²) >= 11 is 0. The lowest BCUT2D eigenvalue weighted by molar-refractivity contribution is -0.123. The average Bonchev–Trinajstić information content (AvgIpc) is 2.43. The maximum Gasteiger partial charge on any atom is 0.258 e. The molecule has 0 aliphatic carbocycles. The largest absolute Gasteiger partial charge is 0.484 e. The molecule has 0 unspecified atom stereocenters. The second kappa shape index (κ2) is 7.14. The summed E-state index contributed by atoms with van der Waals surface area (Å²) in [6.45, 7) is 6.72. The first-order valence-corrected chi connectivity index (χ1v) is 6.60. The third kappa shape index (κ3) is 4.91. The Bertz CT molecular complexity index is 398. The second-order valence-electron chi connectivity index (χ2n) is 5.12. The average molecular weight is 265 g/mol. The molecule has 1 aromatic carbocycles. The van der Waals surface area contributed by atoms with E-state index < -0.39 is 0 Å². The zero-order chi connectivity index (χ0) is 14.3. The van der Waals surface area contributed by atoms with E-state index in [0.29, 0.717) is 5.75 Å². The Kier molecular flexibility index (Phi) is 5.83. The van der Waals surface area contributed by atoms with Gasteiger partial charge in [0.2, 0.25) is 0 Å². The summed E-state index contributed by atoms with van der Waals surface area (Å²) in [6, 6.07) is 7.83. The maximum absolute atomic E-state index is 11.3. The third-order valence-corrected chi connectivity index (χ3v) is 3.32. The summed E-state index contributed by atoms with van der Waals surface area (Å²) in [5, 5.41) is 11.1. The lowest BCUT2D eigenvalue weighted by Gasteiger charge is -2.23. The van der Waals surface area contributed by atoms with Gasteiger partial charge in [-0.1, -0.05) is 32.9 Å². The van der Waals surface area contributed by atoms with E-state index >= 15 is 0 Å². The number of amides is 1. The monoisotopic (exact) mass is 265 g/mol. The van der Waals surface area contributed by atoms with Gasteiger partial charge in [-0.2, -0.15) is 0 Å². The van der Waals surface area contributed by atoms with Crippen LogP contribution in [0.4, 0.5) is 0 Å². The Balaban J connectivity index is 2.51. The Hall–Kier alpha value is -1.55. The van der Waals surface area contributed by atoms with Gasteiger partial charge >= 0.3 is 0 Å². The lowest BCUT2D eigenvalue weighted by Crippen LogP contribution is -2.31. The SMILES string of the molecule is CCC(C)(C)c1ccc(OCC(=O)NCCO)cc1. The highest BCUT2D eigenvalue weighted by Gasteiger charge is 2.17. The number of nitrogens with one attached hydrogen (secondary N) is 1. The molecule has 0 atom stereocenters. The summed E-state index contributed by atoms with van der Waals surface area (Å²) in [7, 11) is 0. The quantitative estimate of drug-likeness (QED) is 0.791. The molecule has 0 bridgehead atoms. The van der Waals surface area contributed by atoms with Gasteiger partial charge < -0.3 is 15.2 Å². The van der Waals surface area contributed by atoms with Gasteiger partial charge in [0.05, 0.1) is 6.61 Å². The van der Waals surface area contributed by atoms with E-state index in [0.717, 1.165) is 6.42 Å². The highest BCUT2D eigenvalue weighted by Crippen LogP contribution is 2.27. The predicted octanol–water partition coefficient (Wildman–Crippen LogP) is 1.86. The van der Waals surface area contributed by atoms with Gasteiger partial charge in [-0.3, -0.25) is 4.79 Å². The summed E-state index contributed by atoms with van der Waals surface area (Å²) in [6.07, 6.45) is 1.07. The highest BCUT2D eigenvalue weighted by atomic mass is 16.5. The van der Waals surface area contributed by atoms with Crippen molar-refractivity contribution in [3.05, 3.63) is 29.8 Å². The zero-order valence-electron chi connectivity index (χ0n) is 11.9. The number of ether oxygens (including phenoxy) is 1. The number of aliphatic hydroxyl groups excluding tert-OH is 1. The Labute approximate surface area is 114 Å². The van der Waals surface area contributed by atoms with Crippen LogP contribution in [0.3, 0.4) is 0 Å². The molecule has 0 aromatic heterocycles. The van der Waals surface area contributed by atoms with Crippen LogP contribution in [-0.4, -0.2) is 30.8 Å². The molecular weight excluding hydrogens is 242 g/mol. The van der Waals surface area contributed by atoms with Crippen LogP contribution in [0.25, 0.3) is 0 Å². The molecule has 0 heterocycles. The summed E-state index contributed by atoms with van der Waals surface area (Å²) < 4.78 is 5.37. The molecule has 106 valence electrons. The zero-order valence-corrected chi connectivity index (χ0v) is 11.9. The smallest absolute Gasteiger partial charge is 0.258 e. The van der Waals surface area contributed by atoms with Crippen LogP contribution in [0.2, 0.25) is 0 Å². The van der Waals surface area contributed by atoms with E-state index in [-0.39, 0.29) is 31.1 Å². The van der Waals surface area contributed by atoms with Crippen LogP contribution in [0.5, 0.6) is 5.75 Å². The normalized spacial score (nSPS) is 11.2. The van der Waals surface area contributed by atoms with Crippen molar-refractivity contribution < 1.29 is 14.6 Å². The van der Waals surface area contributed by atoms with Gasteiger partial charge in [0, 0.05) is 6.54 Å². The van der Waals surface area contributed by atoms with E-state index in [1.54, 1.807) is 0 Å². The number of hydrogen-bond donors (Lipinski definition) is 2. The molecule has 0 radical (unpaired) electrons. The van der Waals surface area contributed by atoms with Crippen molar-refractivity contribution in [1.29, 1.82) is 0 Å². The molecule has 2 N–H and O–H groups in total. The Morgan fingerprint density at radius 3 is 2.47 bits per heavy atom. The number of hydrogen-bond acceptors (Lipinski definition) is 3. The van der Waals surface area contributed by atoms with Crippen LogP contribution in [0.15, 0.2) is 24.3 Å². The van der Waals surface area contributed by atoms with Gasteiger partial charge in [-0.15, -0.1) is 0 Å². The van der Waals surface area contributed by atoms with E-state index in [9.17, 15) is 4.79 Å². The van der Waals surface area contributed by atoms with Gasteiger partial charge in [-0.05, 0) is 29.5 Å². The minimum atomic E-state index is -0.230. The molecule has 0 aliphatic rings. The van der Waals surface area contributed by atoms with E-state index in [2.05, 4.69) is 26.1 Å². The Morgan fingerprint density at radius 2 is 1.95 bits per heavy atom. The lowest BCUT2D eigenvalue weighted by atomic mass is 9.82. The highest BCUT2D eigenvalue weighted by molar-refractivity contribution is 5.77. The van der Waals surface area contributed by atoms with Gasteiger partial charge in [-0.25, -0.2) is 0 Å². The fraction of sp³-hybridized carbons (Fsp3) is 0.533. The van der Waals surface area contributed by atoms with Crippen LogP contribution in [0, 0.1) is 0 Å². The van der Waals surface area contributed by atoms with Crippen molar-refractivity contribution in [2.45, 2.75) is 32.6 Å². The standard InChI is InChI=1S/C15H23NO3/c1-4-15(2,3)12-5-7-13(8-6-12)19-11-14(18)16-9-10-17/h5-8,17H,4,9-11H2,1-3H3,(H,16,18). The Morgan fingerprint density at radius 1 is 1.32 bits per heavy atom. The molecule has 0 fully saturated rings. The molecule has 4 nitrogen and oxygen atoms in total. The molecule has 0 saturated heterocycles. The minimum Gasteiger partial charge on any atom is -0.484 e. The van der Waals surface area contributed by atoms with Crippen molar-refractivity contribution in [1.82, 2.24) is 5.32 Å². The summed E-state index contributed by atoms with van der Waals surface area (Å²) in [5.41, 5.74) is 1.41. The van der Waals surface area contributed by atoms with Crippen LogP contribution in [-0.2, 0) is 10.2 Å². The van der Waals surface area contributed by atoms with Gasteiger partial charge in [0.25, 0.3) is 5.91 Å². The second-order valence-corrected chi connectivity index (χ2v) is 5.12. The minimum absolute atomic E-state index is 0.0312. The first-order valence-electron chi connectivity index (χ1n) is 6.60. The van der Waals surface area contributed by atoms with E-state index in [1.807, 2.05) is 24.3 Å². The maximum atomic E-state index is 11.3. The first-order chi connectivity index (χ1) is 8.99. The number of carbonyl (C=O) groups excluding carboxylic acids is 1. The van der Waals surface area contributed by atoms with Crippen LogP contribution < -0.4 is 10.1 Å². The number of benzene rings is 1. The fourth-order valence-electron chi connectivity index (χ4n) is 1.60. The van der Waals surface area contributed by atoms with Gasteiger partial charge in [0.15, 0.2) is 6.61 Å². The third-order valence-electron chi connectivity index (χ3n) is 3.32. The van der Waals surface area contributed by atoms with Crippen molar-refractivity contribution in [3.63, 3.8) is 0 Å². The molecule has 0 spiro atoms. The molecule has 1 amide bonds. The molecular formula is C15H23NO3. The van der Waals surface area contributed by atoms with Crippen molar-refractivity contribution in [2.24, 2.45) is 0 Å². The van der Waals surface area contributed by atoms with E-state index in [4.69, 9.17) is 9.84 Å². The van der Waals surface area contributed by atoms with Crippen LogP contribution in [0.1, 0.15) is 32.8 Å². The first kappa shape index (κ1) is 15.5. The topological polar surface area (TPSA) is 58.6 Å². The van der Waals surface area contributed by atoms with Gasteiger partial charge in [0.1, 0.15) is 5.75 Å². The van der Waals surface area contributed by atoms with Crippen LogP contribution >= 0.6 is 0 Å². The molecule has 1 rings (SSSR count). The predicted molar refractivity (Wildman–Crippen MR) is 75.3 cm³/mol. The number of carbonyl (C=O) groups is 1. The molecule has 0 saturated carbocycles. The van der Waals surface area contributed by atoms with Crippen molar-refractivity contribution in [3.8, 4) is 5.75 Å². The fourth-order valence-corrected chi connectivity index (χ4v) is 1.60.